The highest BCUT2D eigenvalue weighted by molar-refractivity contribution is 7.89. The molecule has 0 radical (unpaired) electrons. The molecule has 0 unspecified atom stereocenters. The van der Waals surface area contributed by atoms with Crippen LogP contribution in [0.2, 0.25) is 0 Å². The van der Waals surface area contributed by atoms with Gasteiger partial charge in [-0.25, -0.2) is 18.0 Å². The number of morpholine rings is 1. The number of thiocarbonyl (C=S) groups is 1. The molecule has 1 fully saturated rings. The van der Waals surface area contributed by atoms with E-state index < -0.39 is 22.0 Å². The van der Waals surface area contributed by atoms with E-state index in [2.05, 4.69) is 10.6 Å². The third-order valence-electron chi connectivity index (χ3n) is 4.75. The summed E-state index contributed by atoms with van der Waals surface area (Å²) in [6, 6.07) is 10.5. The molecule has 0 spiro atoms. The van der Waals surface area contributed by atoms with Gasteiger partial charge in [0.25, 0.3) is 0 Å². The van der Waals surface area contributed by atoms with Crippen LogP contribution in [0.25, 0.3) is 0 Å². The maximum atomic E-state index is 12.7. The van der Waals surface area contributed by atoms with E-state index in [1.807, 2.05) is 0 Å². The summed E-state index contributed by atoms with van der Waals surface area (Å²) in [4.78, 5) is 24.0. The third-order valence-corrected chi connectivity index (χ3v) is 6.87. The quantitative estimate of drug-likeness (QED) is 0.457. The smallest absolute Gasteiger partial charge is 0.337 e. The lowest BCUT2D eigenvalue weighted by molar-refractivity contribution is 0.0599. The molecule has 12 heteroatoms. The first-order valence-electron chi connectivity index (χ1n) is 9.82. The van der Waals surface area contributed by atoms with Crippen molar-refractivity contribution >= 4 is 50.7 Å². The van der Waals surface area contributed by atoms with E-state index in [9.17, 15) is 18.0 Å². The highest BCUT2D eigenvalue weighted by atomic mass is 32.2. The average Bonchev–Trinajstić information content (AvgIpc) is 2.83. The molecule has 0 saturated carbocycles. The number of sulfonamides is 1. The van der Waals surface area contributed by atoms with E-state index in [1.165, 1.54) is 48.9 Å². The summed E-state index contributed by atoms with van der Waals surface area (Å²) < 4.78 is 41.5. The van der Waals surface area contributed by atoms with Crippen molar-refractivity contribution in [1.29, 1.82) is 0 Å². The van der Waals surface area contributed by atoms with Gasteiger partial charge >= 0.3 is 11.9 Å². The molecule has 1 aliphatic heterocycles. The molecule has 2 aromatic rings. The maximum absolute atomic E-state index is 12.7. The Bertz CT molecular complexity index is 1110. The Morgan fingerprint density at radius 1 is 0.909 bits per heavy atom. The zero-order valence-corrected chi connectivity index (χ0v) is 19.6. The van der Waals surface area contributed by atoms with Crippen molar-refractivity contribution < 1.29 is 32.2 Å². The van der Waals surface area contributed by atoms with Crippen LogP contribution in [0.15, 0.2) is 47.4 Å². The van der Waals surface area contributed by atoms with E-state index in [1.54, 1.807) is 12.1 Å². The van der Waals surface area contributed by atoms with Gasteiger partial charge in [-0.05, 0) is 54.7 Å². The summed E-state index contributed by atoms with van der Waals surface area (Å²) in [7, 11) is -1.13. The van der Waals surface area contributed by atoms with Crippen molar-refractivity contribution in [3.8, 4) is 0 Å². The van der Waals surface area contributed by atoms with Gasteiger partial charge in [-0.3, -0.25) is 0 Å². The van der Waals surface area contributed by atoms with E-state index >= 15 is 0 Å². The Labute approximate surface area is 196 Å². The Morgan fingerprint density at radius 2 is 1.42 bits per heavy atom. The summed E-state index contributed by atoms with van der Waals surface area (Å²) in [5, 5.41) is 5.99. The Morgan fingerprint density at radius 3 is 1.94 bits per heavy atom. The summed E-state index contributed by atoms with van der Waals surface area (Å²) >= 11 is 5.31. The molecule has 1 aliphatic rings. The Hall–Kier alpha value is -3.06. The molecular formula is C21H23N3O7S2. The molecule has 0 atom stereocenters. The molecule has 2 N–H and O–H groups in total. The second-order valence-corrected chi connectivity index (χ2v) is 9.25. The fraction of sp³-hybridized carbons (Fsp3) is 0.286. The van der Waals surface area contributed by atoms with Crippen LogP contribution < -0.4 is 10.6 Å². The molecule has 0 amide bonds. The second kappa shape index (κ2) is 10.7. The predicted molar refractivity (Wildman–Crippen MR) is 125 cm³/mol. The van der Waals surface area contributed by atoms with Gasteiger partial charge in [-0.15, -0.1) is 0 Å². The number of esters is 2. The number of nitrogens with one attached hydrogen (secondary N) is 2. The van der Waals surface area contributed by atoms with Crippen molar-refractivity contribution in [2.75, 3.05) is 51.2 Å². The van der Waals surface area contributed by atoms with Crippen molar-refractivity contribution in [3.63, 3.8) is 0 Å². The van der Waals surface area contributed by atoms with E-state index in [-0.39, 0.29) is 21.1 Å². The zero-order chi connectivity index (χ0) is 24.0. The molecule has 0 bridgehead atoms. The molecule has 3 rings (SSSR count). The summed E-state index contributed by atoms with van der Waals surface area (Å²) in [6.07, 6.45) is 0. The van der Waals surface area contributed by atoms with Gasteiger partial charge in [0.1, 0.15) is 0 Å². The van der Waals surface area contributed by atoms with Gasteiger partial charge < -0.3 is 24.8 Å². The summed E-state index contributed by atoms with van der Waals surface area (Å²) in [6.45, 7) is 1.37. The van der Waals surface area contributed by atoms with Crippen LogP contribution in [0.4, 0.5) is 11.4 Å². The lowest BCUT2D eigenvalue weighted by atomic mass is 10.1. The van der Waals surface area contributed by atoms with Gasteiger partial charge in [-0.2, -0.15) is 4.31 Å². The molecule has 0 aromatic heterocycles. The number of anilines is 2. The minimum absolute atomic E-state index is 0.142. The topological polar surface area (TPSA) is 123 Å². The first-order valence-corrected chi connectivity index (χ1v) is 11.7. The summed E-state index contributed by atoms with van der Waals surface area (Å²) in [5.74, 6) is -1.25. The fourth-order valence-electron chi connectivity index (χ4n) is 3.11. The fourth-order valence-corrected chi connectivity index (χ4v) is 4.75. The van der Waals surface area contributed by atoms with Crippen LogP contribution in [0.5, 0.6) is 0 Å². The standard InChI is InChI=1S/C21H23N3O7S2/c1-29-19(25)14-11-15(20(26)30-2)13-17(12-14)23-21(32)22-16-3-5-18(6-4-16)33(27,28)24-7-9-31-10-8-24/h3-6,11-13H,7-10H2,1-2H3,(H2,22,23,32). The second-order valence-electron chi connectivity index (χ2n) is 6.90. The number of ether oxygens (including phenoxy) is 3. The van der Waals surface area contributed by atoms with Crippen LogP contribution in [0.3, 0.4) is 0 Å². The normalized spacial score (nSPS) is 14.2. The average molecular weight is 494 g/mol. The number of carbonyl (C=O) groups is 2. The monoisotopic (exact) mass is 493 g/mol. The molecule has 10 nitrogen and oxygen atoms in total. The molecular weight excluding hydrogens is 470 g/mol. The highest BCUT2D eigenvalue weighted by Crippen LogP contribution is 2.21. The Kier molecular flexibility index (Phi) is 7.97. The lowest BCUT2D eigenvalue weighted by Gasteiger charge is -2.26. The number of nitrogens with zero attached hydrogens (tertiary/aromatic N) is 1. The first-order chi connectivity index (χ1) is 15.7. The minimum Gasteiger partial charge on any atom is -0.465 e. The van der Waals surface area contributed by atoms with Crippen molar-refractivity contribution in [3.05, 3.63) is 53.6 Å². The molecule has 0 aliphatic carbocycles. The minimum atomic E-state index is -3.60. The zero-order valence-electron chi connectivity index (χ0n) is 18.0. The maximum Gasteiger partial charge on any atom is 0.337 e. The van der Waals surface area contributed by atoms with Gasteiger partial charge in [0.15, 0.2) is 5.11 Å². The number of benzene rings is 2. The predicted octanol–water partition coefficient (Wildman–Crippen LogP) is 2.09. The SMILES string of the molecule is COC(=O)c1cc(NC(=S)Nc2ccc(S(=O)(=O)N3CCOCC3)cc2)cc(C(=O)OC)c1. The van der Waals surface area contributed by atoms with Crippen molar-refractivity contribution in [1.82, 2.24) is 4.31 Å². The number of hydrogen-bond donors (Lipinski definition) is 2. The van der Waals surface area contributed by atoms with Crippen LogP contribution in [-0.2, 0) is 24.2 Å². The van der Waals surface area contributed by atoms with Crippen LogP contribution in [0.1, 0.15) is 20.7 Å². The van der Waals surface area contributed by atoms with E-state index in [0.717, 1.165) is 0 Å². The van der Waals surface area contributed by atoms with Crippen molar-refractivity contribution in [2.45, 2.75) is 4.90 Å². The van der Waals surface area contributed by atoms with E-state index in [0.29, 0.717) is 37.7 Å². The first kappa shape index (κ1) is 24.6. The molecule has 1 heterocycles. The van der Waals surface area contributed by atoms with Crippen molar-refractivity contribution in [2.24, 2.45) is 0 Å². The molecule has 1 saturated heterocycles. The lowest BCUT2D eigenvalue weighted by Crippen LogP contribution is -2.40. The molecule has 176 valence electrons. The van der Waals surface area contributed by atoms with Gasteiger partial charge in [0.05, 0.1) is 43.5 Å². The van der Waals surface area contributed by atoms with Crippen LogP contribution in [0, 0.1) is 0 Å². The largest absolute Gasteiger partial charge is 0.465 e. The van der Waals surface area contributed by atoms with Gasteiger partial charge in [-0.1, -0.05) is 0 Å². The van der Waals surface area contributed by atoms with Gasteiger partial charge in [0.2, 0.25) is 10.0 Å². The third kappa shape index (κ3) is 6.05. The number of rotatable bonds is 6. The highest BCUT2D eigenvalue weighted by Gasteiger charge is 2.26. The molecule has 33 heavy (non-hydrogen) atoms. The summed E-state index contributed by atoms with van der Waals surface area (Å²) in [5.41, 5.74) is 1.19. The number of hydrogen-bond acceptors (Lipinski definition) is 8. The van der Waals surface area contributed by atoms with Gasteiger partial charge in [0, 0.05) is 24.5 Å². The Balaban J connectivity index is 1.72. The van der Waals surface area contributed by atoms with Crippen LogP contribution in [-0.4, -0.2) is 70.3 Å². The number of carbonyl (C=O) groups excluding carboxylic acids is 2. The van der Waals surface area contributed by atoms with E-state index in [4.69, 9.17) is 26.4 Å². The molecule has 2 aromatic carbocycles. The van der Waals surface area contributed by atoms with Crippen LogP contribution >= 0.6 is 12.2 Å². The number of methoxy groups -OCH3 is 2.